The molecule has 100 valence electrons. The Morgan fingerprint density at radius 2 is 2.15 bits per heavy atom. The van der Waals surface area contributed by atoms with Crippen molar-refractivity contribution in [3.8, 4) is 12.3 Å². The van der Waals surface area contributed by atoms with Crippen LogP contribution in [0, 0.1) is 19.3 Å². The fraction of sp³-hybridized carbons (Fsp3) is 0.200. The molecule has 0 bridgehead atoms. The smallest absolute Gasteiger partial charge is 0.260 e. The van der Waals surface area contributed by atoms with E-state index in [4.69, 9.17) is 6.42 Å². The number of carbonyl (C=O) groups is 1. The fourth-order valence-corrected chi connectivity index (χ4v) is 3.52. The fourth-order valence-electron chi connectivity index (χ4n) is 2.38. The molecule has 0 saturated heterocycles. The summed E-state index contributed by atoms with van der Waals surface area (Å²) in [5.74, 6) is 2.49. The maximum Gasteiger partial charge on any atom is 0.260 e. The zero-order valence-electron chi connectivity index (χ0n) is 11.3. The van der Waals surface area contributed by atoms with Gasteiger partial charge < -0.3 is 0 Å². The van der Waals surface area contributed by atoms with Gasteiger partial charge in [0.25, 0.3) is 5.91 Å². The summed E-state index contributed by atoms with van der Waals surface area (Å²) in [6.07, 6.45) is 5.43. The molecule has 1 aromatic carbocycles. The first kappa shape index (κ1) is 12.8. The highest BCUT2D eigenvalue weighted by Crippen LogP contribution is 2.42. The van der Waals surface area contributed by atoms with Gasteiger partial charge in [0, 0.05) is 11.9 Å². The second-order valence-electron chi connectivity index (χ2n) is 4.56. The average Bonchev–Trinajstić information content (AvgIpc) is 2.63. The summed E-state index contributed by atoms with van der Waals surface area (Å²) in [7, 11) is 1.88. The molecule has 20 heavy (non-hydrogen) atoms. The molecule has 1 aliphatic rings. The van der Waals surface area contributed by atoms with Crippen LogP contribution in [0.25, 0.3) is 0 Å². The third-order valence-electron chi connectivity index (χ3n) is 3.23. The van der Waals surface area contributed by atoms with E-state index in [1.54, 1.807) is 21.3 Å². The Morgan fingerprint density at radius 1 is 1.40 bits per heavy atom. The van der Waals surface area contributed by atoms with E-state index in [0.29, 0.717) is 5.56 Å². The van der Waals surface area contributed by atoms with E-state index in [0.717, 1.165) is 21.3 Å². The summed E-state index contributed by atoms with van der Waals surface area (Å²) in [4.78, 5) is 15.3. The highest BCUT2D eigenvalue weighted by Gasteiger charge is 2.30. The zero-order chi connectivity index (χ0) is 14.3. The summed E-state index contributed by atoms with van der Waals surface area (Å²) in [6.45, 7) is 2.14. The van der Waals surface area contributed by atoms with Crippen molar-refractivity contribution < 1.29 is 4.79 Å². The standard InChI is InChI=1S/C15H13N3OS/c1-4-9-18-13-10(2)16-17(3)15(13)20-12-8-6-5-7-11(12)14(18)19/h1,5-8H,9H2,2-3H3. The van der Waals surface area contributed by atoms with Gasteiger partial charge in [0.2, 0.25) is 0 Å². The van der Waals surface area contributed by atoms with Gasteiger partial charge in [-0.1, -0.05) is 29.8 Å². The van der Waals surface area contributed by atoms with Crippen LogP contribution >= 0.6 is 11.8 Å². The van der Waals surface area contributed by atoms with Gasteiger partial charge >= 0.3 is 0 Å². The molecule has 0 unspecified atom stereocenters. The van der Waals surface area contributed by atoms with Gasteiger partial charge in [-0.2, -0.15) is 5.10 Å². The van der Waals surface area contributed by atoms with Crippen LogP contribution in [-0.4, -0.2) is 22.2 Å². The lowest BCUT2D eigenvalue weighted by molar-refractivity contribution is 0.0987. The topological polar surface area (TPSA) is 38.1 Å². The van der Waals surface area contributed by atoms with Crippen molar-refractivity contribution in [2.24, 2.45) is 7.05 Å². The largest absolute Gasteiger partial charge is 0.292 e. The van der Waals surface area contributed by atoms with Crippen molar-refractivity contribution >= 4 is 23.4 Å². The zero-order valence-corrected chi connectivity index (χ0v) is 12.1. The maximum absolute atomic E-state index is 12.7. The molecule has 2 heterocycles. The highest BCUT2D eigenvalue weighted by molar-refractivity contribution is 7.99. The predicted molar refractivity (Wildman–Crippen MR) is 79.0 cm³/mol. The molecule has 0 saturated carbocycles. The second-order valence-corrected chi connectivity index (χ2v) is 5.59. The van der Waals surface area contributed by atoms with Crippen molar-refractivity contribution in [3.05, 3.63) is 35.5 Å². The number of hydrogen-bond donors (Lipinski definition) is 0. The number of benzene rings is 1. The number of rotatable bonds is 1. The van der Waals surface area contributed by atoms with E-state index in [2.05, 4.69) is 11.0 Å². The van der Waals surface area contributed by atoms with Crippen LogP contribution in [0.4, 0.5) is 5.69 Å². The summed E-state index contributed by atoms with van der Waals surface area (Å²) in [5.41, 5.74) is 2.31. The number of aryl methyl sites for hydroxylation is 2. The Bertz CT molecular complexity index is 742. The Hall–Kier alpha value is -2.19. The van der Waals surface area contributed by atoms with Gasteiger partial charge in [0.1, 0.15) is 10.7 Å². The highest BCUT2D eigenvalue weighted by atomic mass is 32.2. The molecular formula is C15H13N3OS. The molecule has 4 nitrogen and oxygen atoms in total. The van der Waals surface area contributed by atoms with Crippen LogP contribution in [0.1, 0.15) is 16.1 Å². The van der Waals surface area contributed by atoms with Crippen LogP contribution < -0.4 is 4.90 Å². The van der Waals surface area contributed by atoms with Gasteiger partial charge in [-0.05, 0) is 19.1 Å². The van der Waals surface area contributed by atoms with Crippen molar-refractivity contribution in [1.82, 2.24) is 9.78 Å². The average molecular weight is 283 g/mol. The number of hydrogen-bond acceptors (Lipinski definition) is 3. The van der Waals surface area contributed by atoms with Gasteiger partial charge in [0.15, 0.2) is 0 Å². The Kier molecular flexibility index (Phi) is 3.03. The van der Waals surface area contributed by atoms with E-state index >= 15 is 0 Å². The Labute approximate surface area is 121 Å². The normalized spacial score (nSPS) is 13.4. The lowest BCUT2D eigenvalue weighted by atomic mass is 10.2. The van der Waals surface area contributed by atoms with E-state index in [1.807, 2.05) is 38.2 Å². The molecule has 1 aliphatic heterocycles. The minimum atomic E-state index is -0.0686. The third-order valence-corrected chi connectivity index (χ3v) is 4.45. The molecule has 1 aromatic heterocycles. The van der Waals surface area contributed by atoms with Crippen LogP contribution in [0.15, 0.2) is 34.2 Å². The Balaban J connectivity index is 2.27. The number of carbonyl (C=O) groups excluding carboxylic acids is 1. The third kappa shape index (κ3) is 1.81. The summed E-state index contributed by atoms with van der Waals surface area (Å²) >= 11 is 1.55. The van der Waals surface area contributed by atoms with E-state index < -0.39 is 0 Å². The number of aromatic nitrogens is 2. The first-order chi connectivity index (χ1) is 9.63. The molecule has 2 aromatic rings. The van der Waals surface area contributed by atoms with E-state index in [1.165, 1.54) is 0 Å². The summed E-state index contributed by atoms with van der Waals surface area (Å²) in [6, 6.07) is 7.58. The van der Waals surface area contributed by atoms with Crippen molar-refractivity contribution in [1.29, 1.82) is 0 Å². The number of amides is 1. The predicted octanol–water partition coefficient (Wildman–Crippen LogP) is 2.47. The van der Waals surface area contributed by atoms with Crippen LogP contribution in [-0.2, 0) is 7.05 Å². The SMILES string of the molecule is C#CCN1C(=O)c2ccccc2Sc2c1c(C)nn2C. The first-order valence-corrected chi connectivity index (χ1v) is 7.01. The van der Waals surface area contributed by atoms with Gasteiger partial charge in [-0.3, -0.25) is 14.4 Å². The molecule has 0 spiro atoms. The van der Waals surface area contributed by atoms with E-state index in [9.17, 15) is 4.79 Å². The molecule has 0 N–H and O–H groups in total. The second kappa shape index (κ2) is 4.73. The quantitative estimate of drug-likeness (QED) is 0.755. The molecule has 0 fully saturated rings. The number of terminal acetylenes is 1. The van der Waals surface area contributed by atoms with Gasteiger partial charge in [-0.15, -0.1) is 6.42 Å². The molecule has 0 aliphatic carbocycles. The molecule has 5 heteroatoms. The van der Waals surface area contributed by atoms with E-state index in [-0.39, 0.29) is 12.5 Å². The van der Waals surface area contributed by atoms with Crippen LogP contribution in [0.3, 0.4) is 0 Å². The van der Waals surface area contributed by atoms with Gasteiger partial charge in [0.05, 0.1) is 17.8 Å². The maximum atomic E-state index is 12.7. The number of anilines is 1. The van der Waals surface area contributed by atoms with Gasteiger partial charge in [-0.25, -0.2) is 0 Å². The molecule has 1 amide bonds. The Morgan fingerprint density at radius 3 is 2.90 bits per heavy atom. The van der Waals surface area contributed by atoms with Crippen molar-refractivity contribution in [3.63, 3.8) is 0 Å². The van der Waals surface area contributed by atoms with Crippen LogP contribution in [0.2, 0.25) is 0 Å². The lowest BCUT2D eigenvalue weighted by Gasteiger charge is -2.18. The lowest BCUT2D eigenvalue weighted by Crippen LogP contribution is -2.31. The minimum Gasteiger partial charge on any atom is -0.292 e. The molecular weight excluding hydrogens is 270 g/mol. The van der Waals surface area contributed by atoms with Crippen molar-refractivity contribution in [2.45, 2.75) is 16.8 Å². The summed E-state index contributed by atoms with van der Waals surface area (Å²) in [5, 5.41) is 5.35. The number of fused-ring (bicyclic) bond motifs is 2. The minimum absolute atomic E-state index is 0.0686. The van der Waals surface area contributed by atoms with Crippen molar-refractivity contribution in [2.75, 3.05) is 11.4 Å². The molecule has 0 radical (unpaired) electrons. The van der Waals surface area contributed by atoms with Crippen LogP contribution in [0.5, 0.6) is 0 Å². The monoisotopic (exact) mass is 283 g/mol. The first-order valence-electron chi connectivity index (χ1n) is 6.19. The molecule has 3 rings (SSSR count). The summed E-state index contributed by atoms with van der Waals surface area (Å²) < 4.78 is 1.80. The number of nitrogens with zero attached hydrogens (tertiary/aromatic N) is 3. The molecule has 0 atom stereocenters.